The summed E-state index contributed by atoms with van der Waals surface area (Å²) >= 11 is 5.95. The first kappa shape index (κ1) is 14.9. The topological polar surface area (TPSA) is 62.5 Å². The maximum absolute atomic E-state index is 12.5. The molecule has 2 heterocycles. The zero-order valence-corrected chi connectivity index (χ0v) is 12.3. The number of aromatic nitrogens is 1. The molecule has 0 unspecified atom stereocenters. The lowest BCUT2D eigenvalue weighted by Crippen LogP contribution is -2.39. The van der Waals surface area contributed by atoms with E-state index in [-0.39, 0.29) is 18.2 Å². The molecule has 0 spiro atoms. The highest BCUT2D eigenvalue weighted by molar-refractivity contribution is 6.31. The van der Waals surface area contributed by atoms with Crippen LogP contribution in [0.2, 0.25) is 5.02 Å². The molecule has 6 heteroatoms. The van der Waals surface area contributed by atoms with Crippen LogP contribution in [0.3, 0.4) is 0 Å². The van der Waals surface area contributed by atoms with Crippen LogP contribution in [-0.2, 0) is 11.3 Å². The summed E-state index contributed by atoms with van der Waals surface area (Å²) in [4.78, 5) is 24.9. The largest absolute Gasteiger partial charge is 0.481 e. The Balaban J connectivity index is 1.99. The summed E-state index contributed by atoms with van der Waals surface area (Å²) in [6, 6.07) is 1.69. The predicted molar refractivity (Wildman–Crippen MR) is 76.0 cm³/mol. The molecule has 1 aliphatic heterocycles. The number of rotatable bonds is 4. The van der Waals surface area contributed by atoms with Crippen molar-refractivity contribution in [3.8, 4) is 0 Å². The Kier molecular flexibility index (Phi) is 4.70. The first-order chi connectivity index (χ1) is 9.51. The Morgan fingerprint density at radius 1 is 1.40 bits per heavy atom. The molecule has 1 aromatic rings. The number of aryl methyl sites for hydroxylation is 1. The van der Waals surface area contributed by atoms with Crippen molar-refractivity contribution in [1.29, 1.82) is 0 Å². The second kappa shape index (κ2) is 6.31. The van der Waals surface area contributed by atoms with E-state index in [9.17, 15) is 9.59 Å². The number of carbonyl (C=O) groups excluding carboxylic acids is 1. The van der Waals surface area contributed by atoms with Crippen LogP contribution in [0.15, 0.2) is 12.3 Å². The number of amides is 1. The first-order valence-corrected chi connectivity index (χ1v) is 7.25. The van der Waals surface area contributed by atoms with Gasteiger partial charge in [-0.25, -0.2) is 0 Å². The van der Waals surface area contributed by atoms with E-state index in [1.807, 2.05) is 11.5 Å². The van der Waals surface area contributed by atoms with Gasteiger partial charge in [0.25, 0.3) is 5.91 Å². The van der Waals surface area contributed by atoms with E-state index in [2.05, 4.69) is 0 Å². The van der Waals surface area contributed by atoms with Crippen LogP contribution in [0.1, 0.15) is 36.7 Å². The summed E-state index contributed by atoms with van der Waals surface area (Å²) in [5, 5.41) is 9.36. The number of piperidine rings is 1. The normalized spacial score (nSPS) is 16.4. The highest BCUT2D eigenvalue weighted by atomic mass is 35.5. The summed E-state index contributed by atoms with van der Waals surface area (Å²) in [6.07, 6.45) is 3.45. The van der Waals surface area contributed by atoms with Crippen LogP contribution >= 0.6 is 11.6 Å². The molecule has 0 aliphatic carbocycles. The lowest BCUT2D eigenvalue weighted by atomic mass is 9.93. The van der Waals surface area contributed by atoms with E-state index in [1.165, 1.54) is 0 Å². The van der Waals surface area contributed by atoms with Crippen LogP contribution in [0, 0.1) is 5.92 Å². The average molecular weight is 299 g/mol. The molecule has 1 amide bonds. The number of carbonyl (C=O) groups is 2. The van der Waals surface area contributed by atoms with Crippen molar-refractivity contribution < 1.29 is 14.7 Å². The molecule has 5 nitrogen and oxygen atoms in total. The third-order valence-electron chi connectivity index (χ3n) is 3.79. The fraction of sp³-hybridized carbons (Fsp3) is 0.571. The minimum absolute atomic E-state index is 0.0208. The summed E-state index contributed by atoms with van der Waals surface area (Å²) in [5.41, 5.74) is 0.606. The second-order valence-corrected chi connectivity index (χ2v) is 5.60. The fourth-order valence-corrected chi connectivity index (χ4v) is 2.89. The number of hydrogen-bond acceptors (Lipinski definition) is 2. The van der Waals surface area contributed by atoms with Crippen LogP contribution in [0.25, 0.3) is 0 Å². The van der Waals surface area contributed by atoms with Gasteiger partial charge in [-0.3, -0.25) is 9.59 Å². The number of carboxylic acids is 1. The van der Waals surface area contributed by atoms with Gasteiger partial charge in [-0.1, -0.05) is 11.6 Å². The van der Waals surface area contributed by atoms with E-state index in [0.29, 0.717) is 30.4 Å². The Morgan fingerprint density at radius 2 is 2.05 bits per heavy atom. The van der Waals surface area contributed by atoms with E-state index in [1.54, 1.807) is 17.2 Å². The first-order valence-electron chi connectivity index (χ1n) is 6.88. The van der Waals surface area contributed by atoms with Crippen molar-refractivity contribution in [2.24, 2.45) is 5.92 Å². The minimum atomic E-state index is -0.763. The van der Waals surface area contributed by atoms with Gasteiger partial charge < -0.3 is 14.6 Å². The Labute approximate surface area is 123 Å². The molecule has 1 fully saturated rings. The van der Waals surface area contributed by atoms with Gasteiger partial charge in [-0.2, -0.15) is 0 Å². The lowest BCUT2D eigenvalue weighted by Gasteiger charge is -2.31. The summed E-state index contributed by atoms with van der Waals surface area (Å²) in [6.45, 7) is 3.89. The Morgan fingerprint density at radius 3 is 2.60 bits per heavy atom. The van der Waals surface area contributed by atoms with Crippen molar-refractivity contribution in [2.75, 3.05) is 13.1 Å². The molecule has 1 aromatic heterocycles. The lowest BCUT2D eigenvalue weighted by molar-refractivity contribution is -0.138. The van der Waals surface area contributed by atoms with Gasteiger partial charge in [0.15, 0.2) is 0 Å². The number of nitrogens with zero attached hydrogens (tertiary/aromatic N) is 2. The van der Waals surface area contributed by atoms with Crippen LogP contribution in [0.5, 0.6) is 0 Å². The smallest absolute Gasteiger partial charge is 0.303 e. The van der Waals surface area contributed by atoms with Crippen molar-refractivity contribution in [2.45, 2.75) is 32.7 Å². The van der Waals surface area contributed by atoms with Gasteiger partial charge in [0, 0.05) is 32.3 Å². The van der Waals surface area contributed by atoms with Crippen molar-refractivity contribution >= 4 is 23.5 Å². The van der Waals surface area contributed by atoms with E-state index >= 15 is 0 Å². The van der Waals surface area contributed by atoms with E-state index < -0.39 is 5.97 Å². The highest BCUT2D eigenvalue weighted by Gasteiger charge is 2.26. The number of aliphatic carboxylic acids is 1. The van der Waals surface area contributed by atoms with E-state index in [0.717, 1.165) is 12.8 Å². The standard InChI is InChI=1S/C14H19ClN2O3/c1-2-16-9-11(15)8-12(16)14(20)17-5-3-10(4-6-17)7-13(18)19/h8-10H,2-7H2,1H3,(H,18,19). The quantitative estimate of drug-likeness (QED) is 0.929. The molecule has 20 heavy (non-hydrogen) atoms. The molecule has 0 aromatic carbocycles. The zero-order chi connectivity index (χ0) is 14.7. The zero-order valence-electron chi connectivity index (χ0n) is 11.5. The fourth-order valence-electron chi connectivity index (χ4n) is 2.66. The van der Waals surface area contributed by atoms with Gasteiger partial charge in [0.2, 0.25) is 0 Å². The van der Waals surface area contributed by atoms with Gasteiger partial charge in [-0.15, -0.1) is 0 Å². The van der Waals surface area contributed by atoms with Gasteiger partial charge in [0.05, 0.1) is 5.02 Å². The van der Waals surface area contributed by atoms with Gasteiger partial charge in [-0.05, 0) is 31.7 Å². The van der Waals surface area contributed by atoms with Crippen molar-refractivity contribution in [3.05, 3.63) is 23.0 Å². The molecular formula is C14H19ClN2O3. The summed E-state index contributed by atoms with van der Waals surface area (Å²) in [7, 11) is 0. The maximum atomic E-state index is 12.5. The van der Waals surface area contributed by atoms with Crippen LogP contribution in [-0.4, -0.2) is 39.5 Å². The van der Waals surface area contributed by atoms with E-state index in [4.69, 9.17) is 16.7 Å². The molecule has 0 bridgehead atoms. The molecule has 0 saturated carbocycles. The third-order valence-corrected chi connectivity index (χ3v) is 3.99. The Bertz CT molecular complexity index is 505. The SMILES string of the molecule is CCn1cc(Cl)cc1C(=O)N1CCC(CC(=O)O)CC1. The van der Waals surface area contributed by atoms with Crippen LogP contribution < -0.4 is 0 Å². The molecule has 0 atom stereocenters. The monoisotopic (exact) mass is 298 g/mol. The summed E-state index contributed by atoms with van der Waals surface area (Å²) < 4.78 is 1.84. The van der Waals surface area contributed by atoms with Gasteiger partial charge >= 0.3 is 5.97 Å². The molecule has 1 aliphatic rings. The maximum Gasteiger partial charge on any atom is 0.303 e. The number of carboxylic acid groups (broad SMARTS) is 1. The highest BCUT2D eigenvalue weighted by Crippen LogP contribution is 2.23. The van der Waals surface area contributed by atoms with Crippen molar-refractivity contribution in [1.82, 2.24) is 9.47 Å². The number of likely N-dealkylation sites (tertiary alicyclic amines) is 1. The molecule has 110 valence electrons. The molecular weight excluding hydrogens is 280 g/mol. The molecule has 1 N–H and O–H groups in total. The third kappa shape index (κ3) is 3.33. The predicted octanol–water partition coefficient (Wildman–Crippen LogP) is 2.49. The Hall–Kier alpha value is -1.49. The summed E-state index contributed by atoms with van der Waals surface area (Å²) in [5.74, 6) is -0.605. The van der Waals surface area contributed by atoms with Crippen molar-refractivity contribution in [3.63, 3.8) is 0 Å². The minimum Gasteiger partial charge on any atom is -0.481 e. The van der Waals surface area contributed by atoms with Gasteiger partial charge in [0.1, 0.15) is 5.69 Å². The molecule has 2 rings (SSSR count). The molecule has 1 saturated heterocycles. The number of halogens is 1. The average Bonchev–Trinajstić information content (AvgIpc) is 2.79. The second-order valence-electron chi connectivity index (χ2n) is 5.16. The number of hydrogen-bond donors (Lipinski definition) is 1. The van der Waals surface area contributed by atoms with Crippen LogP contribution in [0.4, 0.5) is 0 Å². The molecule has 0 radical (unpaired) electrons.